The molecule has 4 nitrogen and oxygen atoms in total. The molecule has 2 aromatic carbocycles. The van der Waals surface area contributed by atoms with Gasteiger partial charge in [0, 0.05) is 12.6 Å². The monoisotopic (exact) mass is 324 g/mol. The molecule has 0 saturated heterocycles. The zero-order valence-corrected chi connectivity index (χ0v) is 14.0. The first-order chi connectivity index (χ1) is 11.6. The van der Waals surface area contributed by atoms with Crippen molar-refractivity contribution in [2.75, 3.05) is 0 Å². The third kappa shape index (κ3) is 4.28. The molecule has 0 heterocycles. The van der Waals surface area contributed by atoms with Crippen LogP contribution in [-0.2, 0) is 25.8 Å². The summed E-state index contributed by atoms with van der Waals surface area (Å²) in [5, 5.41) is 15.2. The topological polar surface area (TPSA) is 61.4 Å². The van der Waals surface area contributed by atoms with Crippen LogP contribution in [0, 0.1) is 0 Å². The fourth-order valence-electron chi connectivity index (χ4n) is 3.23. The van der Waals surface area contributed by atoms with Gasteiger partial charge >= 0.3 is 6.03 Å². The Morgan fingerprint density at radius 3 is 2.58 bits per heavy atom. The van der Waals surface area contributed by atoms with E-state index in [-0.39, 0.29) is 17.8 Å². The number of fused-ring (bicyclic) bond motifs is 1. The van der Waals surface area contributed by atoms with Gasteiger partial charge in [-0.3, -0.25) is 0 Å². The summed E-state index contributed by atoms with van der Waals surface area (Å²) in [5.41, 5.74) is 5.11. The van der Waals surface area contributed by atoms with Crippen molar-refractivity contribution in [2.45, 2.75) is 45.2 Å². The minimum Gasteiger partial charge on any atom is -0.508 e. The molecule has 0 spiro atoms. The summed E-state index contributed by atoms with van der Waals surface area (Å²) < 4.78 is 0. The van der Waals surface area contributed by atoms with Gasteiger partial charge < -0.3 is 15.7 Å². The number of aromatic hydroxyl groups is 1. The largest absolute Gasteiger partial charge is 0.508 e. The molecule has 3 N–H and O–H groups in total. The first-order valence-corrected chi connectivity index (χ1v) is 8.53. The second-order valence-corrected chi connectivity index (χ2v) is 6.56. The number of benzene rings is 2. The Morgan fingerprint density at radius 1 is 1.08 bits per heavy atom. The van der Waals surface area contributed by atoms with Gasteiger partial charge in [0.15, 0.2) is 0 Å². The minimum absolute atomic E-state index is 0.0227. The molecule has 0 fully saturated rings. The van der Waals surface area contributed by atoms with Crippen molar-refractivity contribution in [2.24, 2.45) is 0 Å². The van der Waals surface area contributed by atoms with Crippen molar-refractivity contribution < 1.29 is 9.90 Å². The van der Waals surface area contributed by atoms with E-state index in [1.165, 1.54) is 24.0 Å². The van der Waals surface area contributed by atoms with Crippen LogP contribution in [0.1, 0.15) is 35.6 Å². The molecule has 1 unspecified atom stereocenters. The number of carbonyl (C=O) groups excluding carboxylic acids is 1. The normalized spacial score (nSPS) is 14.0. The quantitative estimate of drug-likeness (QED) is 0.790. The van der Waals surface area contributed by atoms with Crippen molar-refractivity contribution in [3.63, 3.8) is 0 Å². The Balaban J connectivity index is 1.46. The van der Waals surface area contributed by atoms with Crippen LogP contribution in [0.25, 0.3) is 0 Å². The molecule has 24 heavy (non-hydrogen) atoms. The van der Waals surface area contributed by atoms with E-state index in [1.54, 1.807) is 12.1 Å². The Hall–Kier alpha value is -2.49. The van der Waals surface area contributed by atoms with E-state index in [9.17, 15) is 9.90 Å². The van der Waals surface area contributed by atoms with Crippen LogP contribution in [0.15, 0.2) is 42.5 Å². The second kappa shape index (κ2) is 7.39. The molecule has 3 rings (SSSR count). The van der Waals surface area contributed by atoms with E-state index in [0.29, 0.717) is 6.54 Å². The molecule has 0 bridgehead atoms. The number of hydrogen-bond acceptors (Lipinski definition) is 2. The summed E-state index contributed by atoms with van der Waals surface area (Å²) in [6.07, 6.45) is 4.30. The van der Waals surface area contributed by atoms with Crippen LogP contribution in [0.2, 0.25) is 0 Å². The SMILES string of the molecule is CC(Cc1ccc(O)cc1)NC(=O)NCc1ccc2c(c1)CCC2. The average Bonchev–Trinajstić information content (AvgIpc) is 3.02. The van der Waals surface area contributed by atoms with E-state index >= 15 is 0 Å². The third-order valence-electron chi connectivity index (χ3n) is 4.47. The van der Waals surface area contributed by atoms with Gasteiger partial charge in [-0.25, -0.2) is 4.79 Å². The van der Waals surface area contributed by atoms with E-state index in [4.69, 9.17) is 0 Å². The van der Waals surface area contributed by atoms with Crippen molar-refractivity contribution in [1.29, 1.82) is 0 Å². The molecule has 0 aromatic heterocycles. The van der Waals surface area contributed by atoms with Gasteiger partial charge in [-0.1, -0.05) is 30.3 Å². The Bertz CT molecular complexity index is 710. The Morgan fingerprint density at radius 2 is 1.79 bits per heavy atom. The molecule has 0 aliphatic heterocycles. The summed E-state index contributed by atoms with van der Waals surface area (Å²) in [4.78, 5) is 12.0. The number of rotatable bonds is 5. The highest BCUT2D eigenvalue weighted by atomic mass is 16.3. The molecular formula is C20H24N2O2. The van der Waals surface area contributed by atoms with Gasteiger partial charge in [0.2, 0.25) is 0 Å². The number of phenolic OH excluding ortho intramolecular Hbond substituents is 1. The van der Waals surface area contributed by atoms with Gasteiger partial charge in [-0.15, -0.1) is 0 Å². The lowest BCUT2D eigenvalue weighted by Gasteiger charge is -2.15. The smallest absolute Gasteiger partial charge is 0.315 e. The molecule has 1 atom stereocenters. The number of amides is 2. The van der Waals surface area contributed by atoms with Crippen LogP contribution < -0.4 is 10.6 Å². The lowest BCUT2D eigenvalue weighted by atomic mass is 10.1. The van der Waals surface area contributed by atoms with Crippen LogP contribution in [0.4, 0.5) is 4.79 Å². The van der Waals surface area contributed by atoms with E-state index < -0.39 is 0 Å². The average molecular weight is 324 g/mol. The van der Waals surface area contributed by atoms with E-state index in [0.717, 1.165) is 24.0 Å². The maximum Gasteiger partial charge on any atom is 0.315 e. The first-order valence-electron chi connectivity index (χ1n) is 8.53. The number of hydrogen-bond donors (Lipinski definition) is 3. The maximum absolute atomic E-state index is 12.0. The highest BCUT2D eigenvalue weighted by molar-refractivity contribution is 5.74. The number of urea groups is 1. The molecule has 4 heteroatoms. The van der Waals surface area contributed by atoms with Crippen LogP contribution in [-0.4, -0.2) is 17.2 Å². The fraction of sp³-hybridized carbons (Fsp3) is 0.350. The van der Waals surface area contributed by atoms with Gasteiger partial charge in [0.25, 0.3) is 0 Å². The van der Waals surface area contributed by atoms with E-state index in [1.807, 2.05) is 19.1 Å². The maximum atomic E-state index is 12.0. The van der Waals surface area contributed by atoms with Crippen molar-refractivity contribution in [1.82, 2.24) is 10.6 Å². The predicted octanol–water partition coefficient (Wildman–Crippen LogP) is 3.31. The molecule has 2 amide bonds. The number of carbonyl (C=O) groups is 1. The molecule has 1 aliphatic carbocycles. The molecule has 1 aliphatic rings. The summed E-state index contributed by atoms with van der Waals surface area (Å²) in [6.45, 7) is 2.52. The van der Waals surface area contributed by atoms with Gasteiger partial charge in [0.1, 0.15) is 5.75 Å². The number of phenols is 1. The minimum atomic E-state index is -0.151. The lowest BCUT2D eigenvalue weighted by Crippen LogP contribution is -2.41. The summed E-state index contributed by atoms with van der Waals surface area (Å²) >= 11 is 0. The molecule has 2 aromatic rings. The molecule has 0 radical (unpaired) electrons. The Kier molecular flexibility index (Phi) is 5.04. The summed E-state index contributed by atoms with van der Waals surface area (Å²) in [6, 6.07) is 13.4. The van der Waals surface area contributed by atoms with E-state index in [2.05, 4.69) is 28.8 Å². The van der Waals surface area contributed by atoms with Gasteiger partial charge in [0.05, 0.1) is 0 Å². The highest BCUT2D eigenvalue weighted by Crippen LogP contribution is 2.22. The molecular weight excluding hydrogens is 300 g/mol. The number of nitrogens with one attached hydrogen (secondary N) is 2. The lowest BCUT2D eigenvalue weighted by molar-refractivity contribution is 0.237. The van der Waals surface area contributed by atoms with Crippen LogP contribution >= 0.6 is 0 Å². The fourth-order valence-corrected chi connectivity index (χ4v) is 3.23. The first kappa shape index (κ1) is 16.4. The predicted molar refractivity (Wildman–Crippen MR) is 95.1 cm³/mol. The van der Waals surface area contributed by atoms with Crippen molar-refractivity contribution >= 4 is 6.03 Å². The molecule has 0 saturated carbocycles. The molecule has 126 valence electrons. The zero-order chi connectivity index (χ0) is 16.9. The summed E-state index contributed by atoms with van der Waals surface area (Å²) in [7, 11) is 0. The van der Waals surface area contributed by atoms with Crippen LogP contribution in [0.5, 0.6) is 5.75 Å². The number of aryl methyl sites for hydroxylation is 2. The Labute approximate surface area is 142 Å². The van der Waals surface area contributed by atoms with Gasteiger partial charge in [-0.05, 0) is 67.0 Å². The van der Waals surface area contributed by atoms with Crippen LogP contribution in [0.3, 0.4) is 0 Å². The zero-order valence-electron chi connectivity index (χ0n) is 14.0. The van der Waals surface area contributed by atoms with Crippen molar-refractivity contribution in [3.05, 3.63) is 64.7 Å². The summed E-state index contributed by atoms with van der Waals surface area (Å²) in [5.74, 6) is 0.256. The third-order valence-corrected chi connectivity index (χ3v) is 4.47. The van der Waals surface area contributed by atoms with Gasteiger partial charge in [-0.2, -0.15) is 0 Å². The standard InChI is InChI=1S/C20H24N2O2/c1-14(11-15-6-9-19(23)10-7-15)22-20(24)21-13-16-5-8-17-3-2-4-18(17)12-16/h5-10,12,14,23H,2-4,11,13H2,1H3,(H2,21,22,24). The second-order valence-electron chi connectivity index (χ2n) is 6.56. The van der Waals surface area contributed by atoms with Crippen molar-refractivity contribution in [3.8, 4) is 5.75 Å². The highest BCUT2D eigenvalue weighted by Gasteiger charge is 2.12.